The van der Waals surface area contributed by atoms with Gasteiger partial charge in [-0.2, -0.15) is 0 Å². The van der Waals surface area contributed by atoms with Crippen LogP contribution in [0.4, 0.5) is 5.69 Å². The molecule has 144 valence electrons. The molecule has 2 rings (SSSR count). The third-order valence-electron chi connectivity index (χ3n) is 4.40. The number of carbonyl (C=O) groups excluding carboxylic acids is 2. The molecule has 0 unspecified atom stereocenters. The molecule has 0 fully saturated rings. The smallest absolute Gasteiger partial charge is 0.253 e. The first-order chi connectivity index (χ1) is 12.7. The summed E-state index contributed by atoms with van der Waals surface area (Å²) in [5.41, 5.74) is 3.12. The van der Waals surface area contributed by atoms with E-state index < -0.39 is 11.9 Å². The van der Waals surface area contributed by atoms with Gasteiger partial charge in [-0.1, -0.05) is 62.2 Å². The molecule has 1 atom stereocenters. The van der Waals surface area contributed by atoms with Crippen molar-refractivity contribution < 1.29 is 9.59 Å². The second-order valence-electron chi connectivity index (χ2n) is 6.77. The maximum atomic E-state index is 12.9. The number of carbonyl (C=O) groups is 2. The van der Waals surface area contributed by atoms with Gasteiger partial charge < -0.3 is 10.6 Å². The van der Waals surface area contributed by atoms with E-state index in [0.29, 0.717) is 5.02 Å². The zero-order chi connectivity index (χ0) is 20.1. The topological polar surface area (TPSA) is 58.2 Å². The average Bonchev–Trinajstić information content (AvgIpc) is 2.60. The van der Waals surface area contributed by atoms with Crippen molar-refractivity contribution in [2.45, 2.75) is 40.2 Å². The van der Waals surface area contributed by atoms with Crippen molar-refractivity contribution in [1.82, 2.24) is 5.32 Å². The molecule has 0 heterocycles. The fourth-order valence-corrected chi connectivity index (χ4v) is 3.32. The normalized spacial score (nSPS) is 12.0. The van der Waals surface area contributed by atoms with E-state index in [2.05, 4.69) is 10.6 Å². The molecule has 0 saturated heterocycles. The maximum Gasteiger partial charge on any atom is 0.253 e. The molecule has 2 N–H and O–H groups in total. The highest BCUT2D eigenvalue weighted by Crippen LogP contribution is 2.23. The molecule has 0 aliphatic carbocycles. The van der Waals surface area contributed by atoms with Crippen LogP contribution in [0, 0.1) is 12.8 Å². The average molecular weight is 407 g/mol. The second kappa shape index (κ2) is 9.25. The Morgan fingerprint density at radius 1 is 1.11 bits per heavy atom. The van der Waals surface area contributed by atoms with E-state index in [9.17, 15) is 9.59 Å². The molecule has 0 aromatic heterocycles. The van der Waals surface area contributed by atoms with Crippen molar-refractivity contribution in [2.24, 2.45) is 5.92 Å². The summed E-state index contributed by atoms with van der Waals surface area (Å²) in [6.07, 6.45) is 0.802. The van der Waals surface area contributed by atoms with Crippen molar-refractivity contribution in [3.05, 3.63) is 63.1 Å². The van der Waals surface area contributed by atoms with Crippen LogP contribution in [0.25, 0.3) is 0 Å². The number of amides is 2. The van der Waals surface area contributed by atoms with Crippen molar-refractivity contribution in [1.29, 1.82) is 0 Å². The first-order valence-electron chi connectivity index (χ1n) is 8.89. The predicted molar refractivity (Wildman–Crippen MR) is 112 cm³/mol. The summed E-state index contributed by atoms with van der Waals surface area (Å²) in [7, 11) is 0. The fraction of sp³-hybridized carbons (Fsp3) is 0.333. The van der Waals surface area contributed by atoms with Crippen LogP contribution in [0.5, 0.6) is 0 Å². The summed E-state index contributed by atoms with van der Waals surface area (Å²) in [5.74, 6) is -0.771. The first-order valence-corrected chi connectivity index (χ1v) is 9.65. The Bertz CT molecular complexity index is 850. The number of hydrogen-bond donors (Lipinski definition) is 2. The van der Waals surface area contributed by atoms with Gasteiger partial charge in [0.05, 0.1) is 10.6 Å². The third-order valence-corrected chi connectivity index (χ3v) is 4.95. The zero-order valence-electron chi connectivity index (χ0n) is 15.9. The Hall–Kier alpha value is -2.04. The summed E-state index contributed by atoms with van der Waals surface area (Å²) in [6, 6.07) is 9.84. The molecule has 2 aromatic rings. The van der Waals surface area contributed by atoms with Crippen LogP contribution in [0.1, 0.15) is 42.3 Å². The number of benzene rings is 2. The fourth-order valence-electron chi connectivity index (χ4n) is 2.83. The number of rotatable bonds is 6. The highest BCUT2D eigenvalue weighted by molar-refractivity contribution is 6.36. The Kier molecular flexibility index (Phi) is 7.28. The number of halogens is 2. The standard InChI is InChI=1S/C21H24Cl2N2O2/c1-5-14-8-6-7-13(4)19(14)25-21(27)18(12(2)3)24-20(26)16-10-9-15(22)11-17(16)23/h6-12,18H,5H2,1-4H3,(H,24,26)(H,25,27)/t18-/m0/s1. The summed E-state index contributed by atoms with van der Waals surface area (Å²) >= 11 is 12.0. The van der Waals surface area contributed by atoms with E-state index in [4.69, 9.17) is 23.2 Å². The lowest BCUT2D eigenvalue weighted by atomic mass is 10.0. The molecule has 4 nitrogen and oxygen atoms in total. The molecular weight excluding hydrogens is 383 g/mol. The summed E-state index contributed by atoms with van der Waals surface area (Å²) in [4.78, 5) is 25.5. The van der Waals surface area contributed by atoms with Crippen LogP contribution in [0.2, 0.25) is 10.0 Å². The van der Waals surface area contributed by atoms with Gasteiger partial charge in [-0.3, -0.25) is 9.59 Å². The van der Waals surface area contributed by atoms with Crippen LogP contribution >= 0.6 is 23.2 Å². The molecule has 27 heavy (non-hydrogen) atoms. The highest BCUT2D eigenvalue weighted by Gasteiger charge is 2.26. The Labute approximate surface area is 170 Å². The lowest BCUT2D eigenvalue weighted by molar-refractivity contribution is -0.118. The van der Waals surface area contributed by atoms with Gasteiger partial charge >= 0.3 is 0 Å². The van der Waals surface area contributed by atoms with Crippen LogP contribution < -0.4 is 10.6 Å². The van der Waals surface area contributed by atoms with Gasteiger partial charge in [0.15, 0.2) is 0 Å². The van der Waals surface area contributed by atoms with Gasteiger partial charge in [-0.25, -0.2) is 0 Å². The van der Waals surface area contributed by atoms with Gasteiger partial charge in [0.1, 0.15) is 6.04 Å². The molecule has 0 saturated carbocycles. The van der Waals surface area contributed by atoms with E-state index in [1.165, 1.54) is 6.07 Å². The predicted octanol–water partition coefficient (Wildman–Crippen LogP) is 5.26. The maximum absolute atomic E-state index is 12.9. The SMILES string of the molecule is CCc1cccc(C)c1NC(=O)[C@@H](NC(=O)c1ccc(Cl)cc1Cl)C(C)C. The van der Waals surface area contributed by atoms with Gasteiger partial charge in [0, 0.05) is 10.7 Å². The van der Waals surface area contributed by atoms with Crippen LogP contribution in [-0.2, 0) is 11.2 Å². The molecule has 0 aliphatic heterocycles. The molecule has 6 heteroatoms. The number of para-hydroxylation sites is 1. The molecule has 0 spiro atoms. The molecule has 2 aromatic carbocycles. The molecule has 0 bridgehead atoms. The number of nitrogens with one attached hydrogen (secondary N) is 2. The largest absolute Gasteiger partial charge is 0.340 e. The minimum atomic E-state index is -0.700. The van der Waals surface area contributed by atoms with Gasteiger partial charge in [0.2, 0.25) is 5.91 Å². The molecule has 0 aliphatic rings. The van der Waals surface area contributed by atoms with E-state index in [0.717, 1.165) is 23.2 Å². The van der Waals surface area contributed by atoms with Gasteiger partial charge in [-0.05, 0) is 48.6 Å². The zero-order valence-corrected chi connectivity index (χ0v) is 17.4. The summed E-state index contributed by atoms with van der Waals surface area (Å²) in [5, 5.41) is 6.47. The quantitative estimate of drug-likeness (QED) is 0.687. The molecule has 2 amide bonds. The van der Waals surface area contributed by atoms with Crippen LogP contribution in [0.3, 0.4) is 0 Å². The van der Waals surface area contributed by atoms with Crippen molar-refractivity contribution in [3.8, 4) is 0 Å². The van der Waals surface area contributed by atoms with E-state index in [1.54, 1.807) is 12.1 Å². The molecular formula is C21H24Cl2N2O2. The third kappa shape index (κ3) is 5.24. The Morgan fingerprint density at radius 2 is 1.81 bits per heavy atom. The number of hydrogen-bond acceptors (Lipinski definition) is 2. The van der Waals surface area contributed by atoms with Crippen LogP contribution in [-0.4, -0.2) is 17.9 Å². The van der Waals surface area contributed by atoms with Crippen molar-refractivity contribution >= 4 is 40.7 Å². The first kappa shape index (κ1) is 21.3. The monoisotopic (exact) mass is 406 g/mol. The van der Waals surface area contributed by atoms with Crippen molar-refractivity contribution in [2.75, 3.05) is 5.32 Å². The summed E-state index contributed by atoms with van der Waals surface area (Å²) < 4.78 is 0. The Morgan fingerprint density at radius 3 is 2.41 bits per heavy atom. The van der Waals surface area contributed by atoms with Gasteiger partial charge in [0.25, 0.3) is 5.91 Å². The van der Waals surface area contributed by atoms with Crippen LogP contribution in [0.15, 0.2) is 36.4 Å². The lowest BCUT2D eigenvalue weighted by Gasteiger charge is -2.23. The second-order valence-corrected chi connectivity index (χ2v) is 7.61. The minimum Gasteiger partial charge on any atom is -0.340 e. The van der Waals surface area contributed by atoms with Crippen molar-refractivity contribution in [3.63, 3.8) is 0 Å². The minimum absolute atomic E-state index is 0.103. The van der Waals surface area contributed by atoms with Gasteiger partial charge in [-0.15, -0.1) is 0 Å². The Balaban J connectivity index is 2.22. The lowest BCUT2D eigenvalue weighted by Crippen LogP contribution is -2.47. The number of anilines is 1. The highest BCUT2D eigenvalue weighted by atomic mass is 35.5. The van der Waals surface area contributed by atoms with E-state index in [-0.39, 0.29) is 22.4 Å². The van der Waals surface area contributed by atoms with E-state index in [1.807, 2.05) is 45.9 Å². The summed E-state index contributed by atoms with van der Waals surface area (Å²) in [6.45, 7) is 7.75. The number of aryl methyl sites for hydroxylation is 2. The van der Waals surface area contributed by atoms with E-state index >= 15 is 0 Å². The molecule has 0 radical (unpaired) electrons.